The van der Waals surface area contributed by atoms with Crippen molar-refractivity contribution < 1.29 is 24.3 Å². The molecule has 13 nitrogen and oxygen atoms in total. The van der Waals surface area contributed by atoms with Crippen LogP contribution >= 0.6 is 0 Å². The predicted molar refractivity (Wildman–Crippen MR) is 142 cm³/mol. The Labute approximate surface area is 220 Å². The number of aliphatic carboxylic acids is 1. The number of amides is 3. The fourth-order valence-electron chi connectivity index (χ4n) is 4.35. The summed E-state index contributed by atoms with van der Waals surface area (Å²) in [6.07, 6.45) is 3.97. The number of para-hydroxylation sites is 1. The van der Waals surface area contributed by atoms with Gasteiger partial charge in [-0.1, -0.05) is 18.2 Å². The molecule has 1 aliphatic heterocycles. The van der Waals surface area contributed by atoms with Crippen LogP contribution in [-0.4, -0.2) is 77.0 Å². The van der Waals surface area contributed by atoms with Crippen molar-refractivity contribution in [3.8, 4) is 0 Å². The third-order valence-corrected chi connectivity index (χ3v) is 6.42. The number of benzene rings is 1. The Bertz CT molecular complexity index is 1170. The van der Waals surface area contributed by atoms with E-state index in [2.05, 4.69) is 31.2 Å². The highest BCUT2D eigenvalue weighted by Gasteiger charge is 2.30. The molecule has 13 heteroatoms. The average Bonchev–Trinajstić information content (AvgIpc) is 3.55. The van der Waals surface area contributed by atoms with Gasteiger partial charge in [0.15, 0.2) is 5.96 Å². The Balaban J connectivity index is 1.66. The largest absolute Gasteiger partial charge is 0.480 e. The van der Waals surface area contributed by atoms with E-state index >= 15 is 0 Å². The van der Waals surface area contributed by atoms with Crippen LogP contribution in [0.1, 0.15) is 38.2 Å². The summed E-state index contributed by atoms with van der Waals surface area (Å²) in [5, 5.41) is 21.4. The Kier molecular flexibility index (Phi) is 10.0. The Morgan fingerprint density at radius 2 is 1.87 bits per heavy atom. The third kappa shape index (κ3) is 7.93. The molecule has 1 saturated heterocycles. The van der Waals surface area contributed by atoms with E-state index in [0.29, 0.717) is 12.8 Å². The van der Waals surface area contributed by atoms with Crippen molar-refractivity contribution in [2.24, 2.45) is 16.5 Å². The van der Waals surface area contributed by atoms with Gasteiger partial charge in [0.1, 0.15) is 18.1 Å². The second-order valence-corrected chi connectivity index (χ2v) is 9.35. The molecule has 10 N–H and O–H groups in total. The second kappa shape index (κ2) is 13.4. The average molecular weight is 529 g/mol. The number of aromatic amines is 1. The minimum atomic E-state index is -1.21. The summed E-state index contributed by atoms with van der Waals surface area (Å²) in [4.78, 5) is 57.4. The van der Waals surface area contributed by atoms with Crippen LogP contribution in [-0.2, 0) is 25.6 Å². The number of carbonyl (C=O) groups is 4. The lowest BCUT2D eigenvalue weighted by molar-refractivity contribution is -0.142. The first kappa shape index (κ1) is 28.4. The van der Waals surface area contributed by atoms with Crippen LogP contribution in [0.2, 0.25) is 0 Å². The number of nitrogens with one attached hydrogen (secondary N) is 5. The van der Waals surface area contributed by atoms with Crippen molar-refractivity contribution in [2.75, 3.05) is 13.1 Å². The van der Waals surface area contributed by atoms with Crippen LogP contribution in [0.25, 0.3) is 10.9 Å². The number of rotatable bonds is 13. The fraction of sp³-hybridized carbons (Fsp3) is 0.480. The number of aromatic nitrogens is 1. The number of aliphatic imine (C=N–C) groups is 1. The normalized spacial score (nSPS) is 17.2. The highest BCUT2D eigenvalue weighted by Crippen LogP contribution is 2.19. The highest BCUT2D eigenvalue weighted by molar-refractivity contribution is 5.94. The first-order valence-corrected chi connectivity index (χ1v) is 12.6. The molecule has 4 unspecified atom stereocenters. The molecule has 0 radical (unpaired) electrons. The van der Waals surface area contributed by atoms with E-state index in [1.54, 1.807) is 6.20 Å². The summed E-state index contributed by atoms with van der Waals surface area (Å²) in [5.74, 6) is -2.82. The molecule has 2 aromatic rings. The van der Waals surface area contributed by atoms with Crippen LogP contribution in [0.5, 0.6) is 0 Å². The van der Waals surface area contributed by atoms with Crippen LogP contribution in [0.4, 0.5) is 0 Å². The Hall–Kier alpha value is -4.13. The lowest BCUT2D eigenvalue weighted by atomic mass is 10.0. The standard InChI is InChI=1S/C25H36N8O5/c1-14(21(34)32-19(24(37)38)9-5-11-29-25(26)27)31-23(36)20(33-22(35)18-8-4-10-28-18)12-15-13-30-17-7-3-2-6-16(15)17/h2-3,6-7,13-14,18-20,28,30H,4-5,8-12H2,1H3,(H,31,36)(H,32,34)(H,33,35)(H,37,38)(H4,26,27,29). The monoisotopic (exact) mass is 528 g/mol. The van der Waals surface area contributed by atoms with Gasteiger partial charge in [-0.25, -0.2) is 4.79 Å². The van der Waals surface area contributed by atoms with Gasteiger partial charge in [-0.05, 0) is 50.8 Å². The summed E-state index contributed by atoms with van der Waals surface area (Å²) in [6.45, 7) is 2.40. The number of hydrogen-bond donors (Lipinski definition) is 8. The number of nitrogens with zero attached hydrogens (tertiary/aromatic N) is 1. The number of hydrogen-bond acceptors (Lipinski definition) is 6. The predicted octanol–water partition coefficient (Wildman–Crippen LogP) is -0.925. The molecule has 4 atom stereocenters. The smallest absolute Gasteiger partial charge is 0.326 e. The maximum atomic E-state index is 13.3. The van der Waals surface area contributed by atoms with E-state index in [-0.39, 0.29) is 37.3 Å². The molecule has 2 heterocycles. The summed E-state index contributed by atoms with van der Waals surface area (Å²) >= 11 is 0. The quantitative estimate of drug-likeness (QED) is 0.0921. The molecular weight excluding hydrogens is 492 g/mol. The Morgan fingerprint density at radius 1 is 1.11 bits per heavy atom. The van der Waals surface area contributed by atoms with Gasteiger partial charge in [0.2, 0.25) is 17.7 Å². The summed E-state index contributed by atoms with van der Waals surface area (Å²) < 4.78 is 0. The lowest BCUT2D eigenvalue weighted by Crippen LogP contribution is -2.56. The zero-order chi connectivity index (χ0) is 27.7. The molecule has 1 aromatic heterocycles. The molecule has 206 valence electrons. The van der Waals surface area contributed by atoms with Gasteiger partial charge in [-0.2, -0.15) is 0 Å². The number of guanidine groups is 1. The number of carbonyl (C=O) groups excluding carboxylic acids is 3. The van der Waals surface area contributed by atoms with Crippen molar-refractivity contribution in [2.45, 2.75) is 63.2 Å². The van der Waals surface area contributed by atoms with Gasteiger partial charge < -0.3 is 42.8 Å². The highest BCUT2D eigenvalue weighted by atomic mass is 16.4. The zero-order valence-electron chi connectivity index (χ0n) is 21.3. The number of nitrogens with two attached hydrogens (primary N) is 2. The SMILES string of the molecule is CC(NC(=O)C(Cc1c[nH]c2ccccc12)NC(=O)C1CCCN1)C(=O)NC(CCCN=C(N)N)C(=O)O. The van der Waals surface area contributed by atoms with Gasteiger partial charge in [0.25, 0.3) is 0 Å². The number of carboxylic acid groups (broad SMARTS) is 1. The maximum Gasteiger partial charge on any atom is 0.326 e. The van der Waals surface area contributed by atoms with Gasteiger partial charge in [-0.3, -0.25) is 19.4 Å². The summed E-state index contributed by atoms with van der Waals surface area (Å²) in [5.41, 5.74) is 12.3. The summed E-state index contributed by atoms with van der Waals surface area (Å²) in [6, 6.07) is 4.06. The molecule has 1 fully saturated rings. The number of fused-ring (bicyclic) bond motifs is 1. The summed E-state index contributed by atoms with van der Waals surface area (Å²) in [7, 11) is 0. The van der Waals surface area contributed by atoms with Crippen molar-refractivity contribution in [3.05, 3.63) is 36.0 Å². The molecule has 1 aromatic carbocycles. The topological polar surface area (TPSA) is 217 Å². The van der Waals surface area contributed by atoms with Crippen LogP contribution in [0.15, 0.2) is 35.5 Å². The lowest BCUT2D eigenvalue weighted by Gasteiger charge is -2.23. The number of carboxylic acids is 1. The van der Waals surface area contributed by atoms with Gasteiger partial charge >= 0.3 is 5.97 Å². The first-order chi connectivity index (χ1) is 18.2. The van der Waals surface area contributed by atoms with Crippen molar-refractivity contribution in [1.29, 1.82) is 0 Å². The Morgan fingerprint density at radius 3 is 2.55 bits per heavy atom. The first-order valence-electron chi connectivity index (χ1n) is 12.6. The van der Waals surface area contributed by atoms with E-state index in [4.69, 9.17) is 11.5 Å². The molecule has 1 aliphatic rings. The van der Waals surface area contributed by atoms with E-state index < -0.39 is 35.9 Å². The van der Waals surface area contributed by atoms with E-state index in [1.165, 1.54) is 6.92 Å². The van der Waals surface area contributed by atoms with E-state index in [0.717, 1.165) is 29.4 Å². The molecule has 38 heavy (non-hydrogen) atoms. The molecular formula is C25H36N8O5. The van der Waals surface area contributed by atoms with Crippen LogP contribution in [0, 0.1) is 0 Å². The zero-order valence-corrected chi connectivity index (χ0v) is 21.3. The fourth-order valence-corrected chi connectivity index (χ4v) is 4.35. The molecule has 0 bridgehead atoms. The van der Waals surface area contributed by atoms with Crippen molar-refractivity contribution in [1.82, 2.24) is 26.3 Å². The van der Waals surface area contributed by atoms with Crippen LogP contribution in [0.3, 0.4) is 0 Å². The minimum Gasteiger partial charge on any atom is -0.480 e. The molecule has 0 saturated carbocycles. The molecule has 0 aliphatic carbocycles. The third-order valence-electron chi connectivity index (χ3n) is 6.42. The van der Waals surface area contributed by atoms with Gasteiger partial charge in [-0.15, -0.1) is 0 Å². The molecule has 0 spiro atoms. The van der Waals surface area contributed by atoms with Crippen molar-refractivity contribution in [3.63, 3.8) is 0 Å². The number of H-pyrrole nitrogens is 1. The van der Waals surface area contributed by atoms with Gasteiger partial charge in [0, 0.05) is 30.1 Å². The van der Waals surface area contributed by atoms with E-state index in [9.17, 15) is 24.3 Å². The van der Waals surface area contributed by atoms with Crippen LogP contribution < -0.4 is 32.7 Å². The van der Waals surface area contributed by atoms with Crippen molar-refractivity contribution >= 4 is 40.6 Å². The maximum absolute atomic E-state index is 13.3. The van der Waals surface area contributed by atoms with E-state index in [1.807, 2.05) is 24.3 Å². The second-order valence-electron chi connectivity index (χ2n) is 9.35. The molecule has 3 rings (SSSR count). The van der Waals surface area contributed by atoms with Gasteiger partial charge in [0.05, 0.1) is 6.04 Å². The molecule has 3 amide bonds. The minimum absolute atomic E-state index is 0.102.